The molecule has 4 nitrogen and oxygen atoms in total. The molecule has 0 spiro atoms. The lowest BCUT2D eigenvalue weighted by Gasteiger charge is -2.05. The Kier molecular flexibility index (Phi) is 5.25. The van der Waals surface area contributed by atoms with Crippen LogP contribution < -0.4 is 4.80 Å². The Balaban J connectivity index is 2.54. The average molecular weight is 310 g/mol. The van der Waals surface area contributed by atoms with Gasteiger partial charge in [0.1, 0.15) is 5.82 Å². The van der Waals surface area contributed by atoms with Crippen molar-refractivity contribution in [3.8, 4) is 0 Å². The molecular weight excluding hydrogens is 291 g/mol. The van der Waals surface area contributed by atoms with Gasteiger partial charge in [0.05, 0.1) is 16.8 Å². The van der Waals surface area contributed by atoms with Crippen molar-refractivity contribution in [3.05, 3.63) is 28.8 Å². The molecule has 2 rings (SSSR count). The number of hydrogen-bond acceptors (Lipinski definition) is 3. The van der Waals surface area contributed by atoms with Gasteiger partial charge >= 0.3 is 0 Å². The van der Waals surface area contributed by atoms with E-state index in [-0.39, 0.29) is 17.6 Å². The van der Waals surface area contributed by atoms with Crippen molar-refractivity contribution in [2.75, 3.05) is 13.7 Å². The SMILES string of the molecule is COCCn1c(=NC(=O)CC(C)C)sc2cccc(F)c21. The number of aromatic nitrogens is 1. The topological polar surface area (TPSA) is 43.6 Å². The zero-order chi connectivity index (χ0) is 15.4. The molecule has 0 aliphatic rings. The summed E-state index contributed by atoms with van der Waals surface area (Å²) in [6.07, 6.45) is 0.390. The minimum absolute atomic E-state index is 0.178. The molecule has 2 aromatic rings. The van der Waals surface area contributed by atoms with Gasteiger partial charge in [0.15, 0.2) is 4.80 Å². The van der Waals surface area contributed by atoms with Crippen molar-refractivity contribution < 1.29 is 13.9 Å². The molecule has 0 saturated heterocycles. The van der Waals surface area contributed by atoms with Crippen LogP contribution in [0.4, 0.5) is 4.39 Å². The number of carbonyl (C=O) groups is 1. The van der Waals surface area contributed by atoms with Crippen LogP contribution in [-0.4, -0.2) is 24.2 Å². The van der Waals surface area contributed by atoms with Crippen LogP contribution in [0.1, 0.15) is 20.3 Å². The van der Waals surface area contributed by atoms with Gasteiger partial charge in [-0.2, -0.15) is 4.99 Å². The summed E-state index contributed by atoms with van der Waals surface area (Å²) in [7, 11) is 1.59. The maximum absolute atomic E-state index is 14.1. The first kappa shape index (κ1) is 15.9. The average Bonchev–Trinajstić information content (AvgIpc) is 2.74. The van der Waals surface area contributed by atoms with E-state index in [1.165, 1.54) is 17.4 Å². The van der Waals surface area contributed by atoms with E-state index in [2.05, 4.69) is 4.99 Å². The molecule has 1 amide bonds. The van der Waals surface area contributed by atoms with Crippen molar-refractivity contribution >= 4 is 27.5 Å². The number of ether oxygens (including phenoxy) is 1. The number of rotatable bonds is 5. The van der Waals surface area contributed by atoms with Crippen molar-refractivity contribution in [2.45, 2.75) is 26.8 Å². The molecule has 21 heavy (non-hydrogen) atoms. The fraction of sp³-hybridized carbons (Fsp3) is 0.467. The minimum Gasteiger partial charge on any atom is -0.383 e. The van der Waals surface area contributed by atoms with Gasteiger partial charge in [-0.3, -0.25) is 4.79 Å². The first-order valence-electron chi connectivity index (χ1n) is 6.87. The van der Waals surface area contributed by atoms with Crippen molar-refractivity contribution in [3.63, 3.8) is 0 Å². The van der Waals surface area contributed by atoms with Crippen LogP contribution in [0, 0.1) is 11.7 Å². The molecular formula is C15H19FN2O2S. The monoisotopic (exact) mass is 310 g/mol. The Labute approximate surface area is 126 Å². The predicted molar refractivity (Wildman–Crippen MR) is 81.7 cm³/mol. The molecule has 0 N–H and O–H groups in total. The molecule has 0 bridgehead atoms. The number of fused-ring (bicyclic) bond motifs is 1. The molecule has 0 fully saturated rings. The van der Waals surface area contributed by atoms with Gasteiger partial charge in [0.2, 0.25) is 5.91 Å². The predicted octanol–water partition coefficient (Wildman–Crippen LogP) is 2.96. The standard InChI is InChI=1S/C15H19FN2O2S/c1-10(2)9-13(19)17-15-18(7-8-20-3)14-11(16)5-4-6-12(14)21-15/h4-6,10H,7-9H2,1-3H3. The molecule has 0 atom stereocenters. The van der Waals surface area contributed by atoms with E-state index in [0.717, 1.165) is 4.70 Å². The maximum atomic E-state index is 14.1. The summed E-state index contributed by atoms with van der Waals surface area (Å²) in [5.41, 5.74) is 0.482. The summed E-state index contributed by atoms with van der Waals surface area (Å²) in [6.45, 7) is 4.84. The third-order valence-corrected chi connectivity index (χ3v) is 4.02. The van der Waals surface area contributed by atoms with Crippen molar-refractivity contribution in [2.24, 2.45) is 10.9 Å². The molecule has 0 aliphatic heterocycles. The molecule has 1 heterocycles. The van der Waals surface area contributed by atoms with Gasteiger partial charge in [0, 0.05) is 20.1 Å². The van der Waals surface area contributed by atoms with Crippen molar-refractivity contribution in [1.29, 1.82) is 0 Å². The van der Waals surface area contributed by atoms with Crippen LogP contribution in [0.5, 0.6) is 0 Å². The largest absolute Gasteiger partial charge is 0.383 e. The number of benzene rings is 1. The Morgan fingerprint density at radius 2 is 2.24 bits per heavy atom. The highest BCUT2D eigenvalue weighted by molar-refractivity contribution is 7.16. The first-order valence-corrected chi connectivity index (χ1v) is 7.69. The molecule has 0 saturated carbocycles. The lowest BCUT2D eigenvalue weighted by Crippen LogP contribution is -2.20. The third-order valence-electron chi connectivity index (χ3n) is 2.97. The highest BCUT2D eigenvalue weighted by atomic mass is 32.1. The van der Waals surface area contributed by atoms with Crippen LogP contribution >= 0.6 is 11.3 Å². The molecule has 1 aromatic carbocycles. The number of amides is 1. The number of hydrogen-bond donors (Lipinski definition) is 0. The van der Waals surface area contributed by atoms with Crippen LogP contribution in [0.2, 0.25) is 0 Å². The zero-order valence-electron chi connectivity index (χ0n) is 12.4. The second-order valence-electron chi connectivity index (χ2n) is 5.22. The normalized spacial score (nSPS) is 12.5. The summed E-state index contributed by atoms with van der Waals surface area (Å²) in [5, 5.41) is 0. The Bertz CT molecular complexity index is 703. The Morgan fingerprint density at radius 3 is 2.90 bits per heavy atom. The number of nitrogens with zero attached hydrogens (tertiary/aromatic N) is 2. The van der Waals surface area contributed by atoms with Crippen LogP contribution in [-0.2, 0) is 16.1 Å². The van der Waals surface area contributed by atoms with E-state index in [1.54, 1.807) is 17.7 Å². The molecule has 0 aliphatic carbocycles. The van der Waals surface area contributed by atoms with Gasteiger partial charge in [-0.1, -0.05) is 31.3 Å². The Morgan fingerprint density at radius 1 is 1.48 bits per heavy atom. The zero-order valence-corrected chi connectivity index (χ0v) is 13.2. The molecule has 1 aromatic heterocycles. The van der Waals surface area contributed by atoms with Gasteiger partial charge < -0.3 is 9.30 Å². The third kappa shape index (κ3) is 3.77. The fourth-order valence-corrected chi connectivity index (χ4v) is 3.15. The number of para-hydroxylation sites is 1. The summed E-state index contributed by atoms with van der Waals surface area (Å²) >= 11 is 1.32. The lowest BCUT2D eigenvalue weighted by molar-refractivity contribution is -0.118. The van der Waals surface area contributed by atoms with E-state index in [9.17, 15) is 9.18 Å². The van der Waals surface area contributed by atoms with Gasteiger partial charge in [-0.05, 0) is 18.1 Å². The molecule has 0 unspecified atom stereocenters. The molecule has 0 radical (unpaired) electrons. The highest BCUT2D eigenvalue weighted by Crippen LogP contribution is 2.20. The number of methoxy groups -OCH3 is 1. The lowest BCUT2D eigenvalue weighted by atomic mass is 10.1. The fourth-order valence-electron chi connectivity index (χ4n) is 2.06. The maximum Gasteiger partial charge on any atom is 0.248 e. The van der Waals surface area contributed by atoms with Crippen LogP contribution in [0.25, 0.3) is 10.2 Å². The summed E-state index contributed by atoms with van der Waals surface area (Å²) in [5.74, 6) is -0.236. The summed E-state index contributed by atoms with van der Waals surface area (Å²) < 4.78 is 21.6. The van der Waals surface area contributed by atoms with E-state index >= 15 is 0 Å². The van der Waals surface area contributed by atoms with Gasteiger partial charge in [-0.15, -0.1) is 0 Å². The molecule has 114 valence electrons. The van der Waals surface area contributed by atoms with E-state index < -0.39 is 0 Å². The van der Waals surface area contributed by atoms with Crippen LogP contribution in [0.3, 0.4) is 0 Å². The number of thiazole rings is 1. The van der Waals surface area contributed by atoms with Gasteiger partial charge in [-0.25, -0.2) is 4.39 Å². The molecule has 6 heteroatoms. The number of carbonyl (C=O) groups excluding carboxylic acids is 1. The van der Waals surface area contributed by atoms with E-state index in [4.69, 9.17) is 4.74 Å². The quantitative estimate of drug-likeness (QED) is 0.852. The highest BCUT2D eigenvalue weighted by Gasteiger charge is 2.12. The van der Waals surface area contributed by atoms with E-state index in [0.29, 0.717) is 29.9 Å². The summed E-state index contributed by atoms with van der Waals surface area (Å²) in [6, 6.07) is 4.91. The second-order valence-corrected chi connectivity index (χ2v) is 6.23. The second kappa shape index (κ2) is 6.95. The first-order chi connectivity index (χ1) is 10.0. The van der Waals surface area contributed by atoms with E-state index in [1.807, 2.05) is 19.9 Å². The smallest absolute Gasteiger partial charge is 0.248 e. The van der Waals surface area contributed by atoms with Gasteiger partial charge in [0.25, 0.3) is 0 Å². The minimum atomic E-state index is -0.308. The Hall–Kier alpha value is -1.53. The van der Waals surface area contributed by atoms with Crippen LogP contribution in [0.15, 0.2) is 23.2 Å². The van der Waals surface area contributed by atoms with Crippen molar-refractivity contribution in [1.82, 2.24) is 4.57 Å². The number of halogens is 1. The summed E-state index contributed by atoms with van der Waals surface area (Å²) in [4.78, 5) is 16.6.